The van der Waals surface area contributed by atoms with Crippen LogP contribution in [-0.4, -0.2) is 4.98 Å². The molecule has 2 heterocycles. The highest BCUT2D eigenvalue weighted by Gasteiger charge is 2.34. The molecule has 0 radical (unpaired) electrons. The van der Waals surface area contributed by atoms with Crippen molar-refractivity contribution in [2.24, 2.45) is 0 Å². The Bertz CT molecular complexity index is 624. The predicted octanol–water partition coefficient (Wildman–Crippen LogP) is 3.65. The van der Waals surface area contributed by atoms with Crippen molar-refractivity contribution >= 4 is 11.6 Å². The molecule has 2 aromatic rings. The summed E-state index contributed by atoms with van der Waals surface area (Å²) >= 11 is 6.03. The molecule has 100 valence electrons. The highest BCUT2D eigenvalue weighted by atomic mass is 35.5. The van der Waals surface area contributed by atoms with Crippen LogP contribution in [-0.2, 0) is 6.18 Å². The van der Waals surface area contributed by atoms with Crippen LogP contribution in [0.1, 0.15) is 16.8 Å². The third-order valence-corrected chi connectivity index (χ3v) is 2.98. The predicted molar refractivity (Wildman–Crippen MR) is 65.3 cm³/mol. The Morgan fingerprint density at radius 2 is 1.89 bits per heavy atom. The second kappa shape index (κ2) is 4.81. The van der Waals surface area contributed by atoms with Crippen LogP contribution in [0.5, 0.6) is 0 Å². The molecule has 0 N–H and O–H groups in total. The molecule has 0 atom stereocenters. The Kier molecular flexibility index (Phi) is 3.49. The molecular formula is C13H11ClF3N2+. The summed E-state index contributed by atoms with van der Waals surface area (Å²) in [6.07, 6.45) is -1.59. The molecular weight excluding hydrogens is 277 g/mol. The first-order valence-corrected chi connectivity index (χ1v) is 5.89. The van der Waals surface area contributed by atoms with E-state index in [-0.39, 0.29) is 0 Å². The van der Waals surface area contributed by atoms with Crippen molar-refractivity contribution in [3.05, 3.63) is 52.6 Å². The molecule has 6 heteroatoms. The maximum atomic E-state index is 12.7. The molecule has 0 aliphatic carbocycles. The van der Waals surface area contributed by atoms with Crippen LogP contribution < -0.4 is 4.57 Å². The van der Waals surface area contributed by atoms with Gasteiger partial charge in [0.1, 0.15) is 0 Å². The average molecular weight is 288 g/mol. The maximum Gasteiger partial charge on any atom is 0.433 e. The van der Waals surface area contributed by atoms with Gasteiger partial charge >= 0.3 is 6.18 Å². The van der Waals surface area contributed by atoms with Gasteiger partial charge in [0.2, 0.25) is 5.69 Å². The Balaban J connectivity index is 2.64. The summed E-state index contributed by atoms with van der Waals surface area (Å²) in [5.41, 5.74) is 0.953. The highest BCUT2D eigenvalue weighted by molar-refractivity contribution is 6.28. The van der Waals surface area contributed by atoms with Crippen molar-refractivity contribution in [2.75, 3.05) is 0 Å². The normalized spacial score (nSPS) is 11.7. The molecule has 2 aromatic heterocycles. The number of nitrogens with zero attached hydrogens (tertiary/aromatic N) is 2. The van der Waals surface area contributed by atoms with Gasteiger partial charge in [0, 0.05) is 29.5 Å². The number of rotatable bonds is 1. The van der Waals surface area contributed by atoms with Crippen LogP contribution in [0.2, 0.25) is 5.15 Å². The van der Waals surface area contributed by atoms with E-state index in [0.717, 1.165) is 11.6 Å². The van der Waals surface area contributed by atoms with E-state index in [1.807, 2.05) is 6.92 Å². The SMILES string of the molecule is Cc1ccc(Cl)[n+](-c2cc(C(F)(F)F)ncc2C)c1. The van der Waals surface area contributed by atoms with Gasteiger partial charge in [-0.1, -0.05) is 0 Å². The smallest absolute Gasteiger partial charge is 0.251 e. The fraction of sp³-hybridized carbons (Fsp3) is 0.231. The molecule has 0 bridgehead atoms. The first kappa shape index (κ1) is 13.8. The lowest BCUT2D eigenvalue weighted by atomic mass is 10.2. The molecule has 0 aromatic carbocycles. The second-order valence-electron chi connectivity index (χ2n) is 4.25. The Hall–Kier alpha value is -1.62. The van der Waals surface area contributed by atoms with Gasteiger partial charge in [0.15, 0.2) is 11.9 Å². The summed E-state index contributed by atoms with van der Waals surface area (Å²) in [4.78, 5) is 3.41. The van der Waals surface area contributed by atoms with Gasteiger partial charge < -0.3 is 0 Å². The first-order valence-electron chi connectivity index (χ1n) is 5.51. The van der Waals surface area contributed by atoms with Crippen molar-refractivity contribution in [1.82, 2.24) is 4.98 Å². The number of alkyl halides is 3. The van der Waals surface area contributed by atoms with Crippen molar-refractivity contribution in [3.63, 3.8) is 0 Å². The monoisotopic (exact) mass is 287 g/mol. The lowest BCUT2D eigenvalue weighted by molar-refractivity contribution is -0.594. The number of hydrogen-bond acceptors (Lipinski definition) is 1. The van der Waals surface area contributed by atoms with E-state index in [4.69, 9.17) is 11.6 Å². The van der Waals surface area contributed by atoms with E-state index in [0.29, 0.717) is 16.4 Å². The molecule has 0 aliphatic heterocycles. The summed E-state index contributed by atoms with van der Waals surface area (Å²) in [5, 5.41) is 0.341. The van der Waals surface area contributed by atoms with Crippen molar-refractivity contribution in [2.45, 2.75) is 20.0 Å². The Morgan fingerprint density at radius 3 is 2.53 bits per heavy atom. The topological polar surface area (TPSA) is 16.8 Å². The molecule has 0 aliphatic rings. The van der Waals surface area contributed by atoms with Gasteiger partial charge in [0.05, 0.1) is 0 Å². The first-order chi connectivity index (χ1) is 8.79. The fourth-order valence-electron chi connectivity index (χ4n) is 1.70. The molecule has 0 amide bonds. The number of pyridine rings is 2. The van der Waals surface area contributed by atoms with Gasteiger partial charge in [-0.15, -0.1) is 4.57 Å². The number of hydrogen-bond donors (Lipinski definition) is 0. The molecule has 19 heavy (non-hydrogen) atoms. The van der Waals surface area contributed by atoms with Gasteiger partial charge in [-0.2, -0.15) is 13.2 Å². The molecule has 0 unspecified atom stereocenters. The van der Waals surface area contributed by atoms with Gasteiger partial charge in [0.25, 0.3) is 5.15 Å². The van der Waals surface area contributed by atoms with Crippen LogP contribution in [0.4, 0.5) is 13.2 Å². The van der Waals surface area contributed by atoms with Crippen LogP contribution >= 0.6 is 11.6 Å². The average Bonchev–Trinajstić information content (AvgIpc) is 2.32. The molecule has 2 nitrogen and oxygen atoms in total. The fourth-order valence-corrected chi connectivity index (χ4v) is 1.90. The van der Waals surface area contributed by atoms with Crippen LogP contribution in [0.25, 0.3) is 5.69 Å². The summed E-state index contributed by atoms with van der Waals surface area (Å²) in [7, 11) is 0. The summed E-state index contributed by atoms with van der Waals surface area (Å²) in [6, 6.07) is 4.44. The standard InChI is InChI=1S/C13H11ClF3N2/c1-8-3-4-12(14)19(7-8)10-5-11(13(15,16)17)18-6-9(10)2/h3-7H,1-2H3/q+1. The lowest BCUT2D eigenvalue weighted by Crippen LogP contribution is -2.33. The van der Waals surface area contributed by atoms with E-state index in [9.17, 15) is 13.2 Å². The summed E-state index contributed by atoms with van der Waals surface area (Å²) in [5.74, 6) is 0. The quantitative estimate of drug-likeness (QED) is 0.578. The number of aromatic nitrogens is 2. The molecule has 0 spiro atoms. The zero-order valence-corrected chi connectivity index (χ0v) is 11.0. The third-order valence-electron chi connectivity index (χ3n) is 2.67. The van der Waals surface area contributed by atoms with E-state index >= 15 is 0 Å². The molecule has 0 fully saturated rings. The molecule has 0 saturated heterocycles. The minimum atomic E-state index is -4.47. The molecule has 0 saturated carbocycles. The van der Waals surface area contributed by atoms with Gasteiger partial charge in [-0.3, -0.25) is 4.98 Å². The van der Waals surface area contributed by atoms with E-state index < -0.39 is 11.9 Å². The third kappa shape index (κ3) is 2.87. The summed E-state index contributed by atoms with van der Waals surface area (Å²) < 4.78 is 39.6. The van der Waals surface area contributed by atoms with Crippen molar-refractivity contribution in [3.8, 4) is 5.69 Å². The van der Waals surface area contributed by atoms with E-state index in [1.165, 1.54) is 10.8 Å². The number of halogens is 4. The second-order valence-corrected chi connectivity index (χ2v) is 4.64. The zero-order chi connectivity index (χ0) is 14.2. The van der Waals surface area contributed by atoms with Crippen LogP contribution in [0.15, 0.2) is 30.6 Å². The summed E-state index contributed by atoms with van der Waals surface area (Å²) in [6.45, 7) is 3.53. The van der Waals surface area contributed by atoms with Gasteiger partial charge in [-0.25, -0.2) is 0 Å². The van der Waals surface area contributed by atoms with Crippen LogP contribution in [0, 0.1) is 13.8 Å². The maximum absolute atomic E-state index is 12.7. The van der Waals surface area contributed by atoms with Crippen LogP contribution in [0.3, 0.4) is 0 Å². The van der Waals surface area contributed by atoms with Crippen molar-refractivity contribution in [1.29, 1.82) is 0 Å². The number of aryl methyl sites for hydroxylation is 2. The van der Waals surface area contributed by atoms with E-state index in [1.54, 1.807) is 25.3 Å². The highest BCUT2D eigenvalue weighted by Crippen LogP contribution is 2.28. The zero-order valence-electron chi connectivity index (χ0n) is 10.3. The van der Waals surface area contributed by atoms with Crippen molar-refractivity contribution < 1.29 is 17.7 Å². The van der Waals surface area contributed by atoms with Gasteiger partial charge in [-0.05, 0) is 31.5 Å². The molecule has 2 rings (SSSR count). The minimum Gasteiger partial charge on any atom is -0.251 e. The van der Waals surface area contributed by atoms with E-state index in [2.05, 4.69) is 4.98 Å². The Labute approximate surface area is 113 Å². The largest absolute Gasteiger partial charge is 0.433 e. The lowest BCUT2D eigenvalue weighted by Gasteiger charge is -2.08. The Morgan fingerprint density at radius 1 is 1.21 bits per heavy atom. The minimum absolute atomic E-state index is 0.341.